The van der Waals surface area contributed by atoms with Gasteiger partial charge in [-0.25, -0.2) is 0 Å². The van der Waals surface area contributed by atoms with Crippen molar-refractivity contribution in [2.45, 2.75) is 58.3 Å². The minimum atomic E-state index is -0.400. The Morgan fingerprint density at radius 2 is 1.60 bits per heavy atom. The van der Waals surface area contributed by atoms with Crippen LogP contribution < -0.4 is 4.74 Å². The van der Waals surface area contributed by atoms with Gasteiger partial charge >= 0.3 is 5.69 Å². The van der Waals surface area contributed by atoms with Crippen LogP contribution in [0, 0.1) is 10.1 Å². The summed E-state index contributed by atoms with van der Waals surface area (Å²) in [6.07, 6.45) is 9.87. The second-order valence-electron chi connectivity index (χ2n) is 5.05. The van der Waals surface area contributed by atoms with E-state index in [4.69, 9.17) is 4.74 Å². The van der Waals surface area contributed by atoms with Crippen molar-refractivity contribution < 1.29 is 9.66 Å². The second kappa shape index (κ2) is 10.2. The summed E-state index contributed by atoms with van der Waals surface area (Å²) in [6, 6.07) is 6.54. The third kappa shape index (κ3) is 6.55. The Morgan fingerprint density at radius 3 is 2.25 bits per heavy atom. The van der Waals surface area contributed by atoms with Crippen LogP contribution in [0.4, 0.5) is 5.69 Å². The van der Waals surface area contributed by atoms with E-state index >= 15 is 0 Å². The van der Waals surface area contributed by atoms with Crippen LogP contribution in [-0.2, 0) is 0 Å². The maximum Gasteiger partial charge on any atom is 0.310 e. The first kappa shape index (κ1) is 16.5. The number of para-hydroxylation sites is 2. The van der Waals surface area contributed by atoms with E-state index in [9.17, 15) is 10.1 Å². The lowest BCUT2D eigenvalue weighted by Gasteiger charge is -2.06. The first-order chi connectivity index (χ1) is 9.75. The minimum absolute atomic E-state index is 0.0482. The molecule has 0 unspecified atom stereocenters. The number of hydrogen-bond acceptors (Lipinski definition) is 3. The highest BCUT2D eigenvalue weighted by Crippen LogP contribution is 2.25. The summed E-state index contributed by atoms with van der Waals surface area (Å²) in [5, 5.41) is 10.8. The van der Waals surface area contributed by atoms with Crippen LogP contribution in [0.5, 0.6) is 5.75 Å². The van der Waals surface area contributed by atoms with Crippen LogP contribution in [0.25, 0.3) is 0 Å². The molecular formula is C16H25NO3. The molecule has 0 aliphatic rings. The number of rotatable bonds is 11. The fourth-order valence-corrected chi connectivity index (χ4v) is 2.15. The molecule has 1 aromatic rings. The molecule has 4 heteroatoms. The standard InChI is InChI=1S/C16H25NO3/c1-2-3-4-5-6-7-8-11-14-20-16-13-10-9-12-15(16)17(18)19/h9-10,12-13H,2-8,11,14H2,1H3. The molecule has 0 bridgehead atoms. The maximum absolute atomic E-state index is 10.8. The van der Waals surface area contributed by atoms with E-state index in [-0.39, 0.29) is 5.69 Å². The average molecular weight is 279 g/mol. The molecule has 4 nitrogen and oxygen atoms in total. The summed E-state index contributed by atoms with van der Waals surface area (Å²) in [5.74, 6) is 0.375. The highest BCUT2D eigenvalue weighted by atomic mass is 16.6. The summed E-state index contributed by atoms with van der Waals surface area (Å²) < 4.78 is 5.50. The quantitative estimate of drug-likeness (QED) is 0.321. The zero-order valence-electron chi connectivity index (χ0n) is 12.3. The molecular weight excluding hydrogens is 254 g/mol. The molecule has 20 heavy (non-hydrogen) atoms. The third-order valence-corrected chi connectivity index (χ3v) is 3.32. The summed E-state index contributed by atoms with van der Waals surface area (Å²) in [7, 11) is 0. The van der Waals surface area contributed by atoms with E-state index in [0.717, 1.165) is 12.8 Å². The first-order valence-electron chi connectivity index (χ1n) is 7.62. The molecule has 0 aromatic heterocycles. The lowest BCUT2D eigenvalue weighted by Crippen LogP contribution is -2.00. The molecule has 0 aliphatic heterocycles. The number of nitrogens with zero attached hydrogens (tertiary/aromatic N) is 1. The normalized spacial score (nSPS) is 10.4. The molecule has 112 valence electrons. The Hall–Kier alpha value is -1.58. The molecule has 0 amide bonds. The van der Waals surface area contributed by atoms with Gasteiger partial charge < -0.3 is 4.74 Å². The number of ether oxygens (including phenoxy) is 1. The molecule has 0 heterocycles. The van der Waals surface area contributed by atoms with Gasteiger partial charge in [-0.1, -0.05) is 64.0 Å². The maximum atomic E-state index is 10.8. The molecule has 1 rings (SSSR count). The smallest absolute Gasteiger partial charge is 0.310 e. The van der Waals surface area contributed by atoms with Crippen molar-refractivity contribution in [3.8, 4) is 5.75 Å². The van der Waals surface area contributed by atoms with E-state index in [1.165, 1.54) is 44.6 Å². The Morgan fingerprint density at radius 1 is 1.00 bits per heavy atom. The van der Waals surface area contributed by atoms with Gasteiger partial charge in [0, 0.05) is 6.07 Å². The molecule has 0 aliphatic carbocycles. The van der Waals surface area contributed by atoms with Crippen molar-refractivity contribution in [3.63, 3.8) is 0 Å². The van der Waals surface area contributed by atoms with Gasteiger partial charge in [0.25, 0.3) is 0 Å². The van der Waals surface area contributed by atoms with E-state index < -0.39 is 4.92 Å². The average Bonchev–Trinajstić information content (AvgIpc) is 2.46. The van der Waals surface area contributed by atoms with Crippen LogP contribution in [-0.4, -0.2) is 11.5 Å². The molecule has 0 saturated heterocycles. The molecule has 0 atom stereocenters. The predicted molar refractivity (Wildman–Crippen MR) is 81.2 cm³/mol. The zero-order chi connectivity index (χ0) is 14.6. The first-order valence-corrected chi connectivity index (χ1v) is 7.62. The van der Waals surface area contributed by atoms with Crippen molar-refractivity contribution in [1.82, 2.24) is 0 Å². The van der Waals surface area contributed by atoms with E-state index in [1.807, 2.05) is 0 Å². The molecule has 0 N–H and O–H groups in total. The van der Waals surface area contributed by atoms with Crippen molar-refractivity contribution in [1.29, 1.82) is 0 Å². The Balaban J connectivity index is 2.11. The molecule has 1 aromatic carbocycles. The third-order valence-electron chi connectivity index (χ3n) is 3.32. The lowest BCUT2D eigenvalue weighted by molar-refractivity contribution is -0.385. The number of benzene rings is 1. The van der Waals surface area contributed by atoms with Crippen LogP contribution in [0.15, 0.2) is 24.3 Å². The van der Waals surface area contributed by atoms with Gasteiger partial charge in [-0.05, 0) is 12.5 Å². The van der Waals surface area contributed by atoms with Gasteiger partial charge in [-0.2, -0.15) is 0 Å². The predicted octanol–water partition coefficient (Wildman–Crippen LogP) is 5.11. The van der Waals surface area contributed by atoms with Crippen molar-refractivity contribution in [2.75, 3.05) is 6.61 Å². The summed E-state index contributed by atoms with van der Waals surface area (Å²) in [6.45, 7) is 2.78. The van der Waals surface area contributed by atoms with E-state index in [2.05, 4.69) is 6.92 Å². The van der Waals surface area contributed by atoms with Crippen LogP contribution >= 0.6 is 0 Å². The summed E-state index contributed by atoms with van der Waals surface area (Å²) in [4.78, 5) is 10.4. The lowest BCUT2D eigenvalue weighted by atomic mass is 10.1. The second-order valence-corrected chi connectivity index (χ2v) is 5.05. The number of unbranched alkanes of at least 4 members (excludes halogenated alkanes) is 7. The number of nitro benzene ring substituents is 1. The van der Waals surface area contributed by atoms with Gasteiger partial charge in [0.05, 0.1) is 11.5 Å². The number of hydrogen-bond donors (Lipinski definition) is 0. The monoisotopic (exact) mass is 279 g/mol. The van der Waals surface area contributed by atoms with Crippen molar-refractivity contribution in [3.05, 3.63) is 34.4 Å². The van der Waals surface area contributed by atoms with E-state index in [1.54, 1.807) is 18.2 Å². The molecule has 0 fully saturated rings. The fraction of sp³-hybridized carbons (Fsp3) is 0.625. The topological polar surface area (TPSA) is 52.4 Å². The molecule has 0 spiro atoms. The van der Waals surface area contributed by atoms with Crippen molar-refractivity contribution >= 4 is 5.69 Å². The Bertz CT molecular complexity index is 393. The van der Waals surface area contributed by atoms with Crippen LogP contribution in [0.2, 0.25) is 0 Å². The van der Waals surface area contributed by atoms with Crippen molar-refractivity contribution in [2.24, 2.45) is 0 Å². The zero-order valence-corrected chi connectivity index (χ0v) is 12.3. The van der Waals surface area contributed by atoms with Gasteiger partial charge in [0.15, 0.2) is 5.75 Å². The largest absolute Gasteiger partial charge is 0.487 e. The van der Waals surface area contributed by atoms with Gasteiger partial charge in [-0.3, -0.25) is 10.1 Å². The fourth-order valence-electron chi connectivity index (χ4n) is 2.15. The summed E-state index contributed by atoms with van der Waals surface area (Å²) >= 11 is 0. The SMILES string of the molecule is CCCCCCCCCCOc1ccccc1[N+](=O)[O-]. The highest BCUT2D eigenvalue weighted by Gasteiger charge is 2.12. The summed E-state index contributed by atoms with van der Waals surface area (Å²) in [5.41, 5.74) is 0.0482. The Kier molecular flexibility index (Phi) is 8.43. The van der Waals surface area contributed by atoms with Gasteiger partial charge in [0.1, 0.15) is 0 Å². The van der Waals surface area contributed by atoms with Crippen LogP contribution in [0.3, 0.4) is 0 Å². The molecule has 0 radical (unpaired) electrons. The minimum Gasteiger partial charge on any atom is -0.487 e. The van der Waals surface area contributed by atoms with Gasteiger partial charge in [-0.15, -0.1) is 0 Å². The molecule has 0 saturated carbocycles. The Labute approximate surface area is 121 Å². The number of nitro groups is 1. The van der Waals surface area contributed by atoms with Crippen LogP contribution in [0.1, 0.15) is 58.3 Å². The van der Waals surface area contributed by atoms with Gasteiger partial charge in [0.2, 0.25) is 0 Å². The van der Waals surface area contributed by atoms with E-state index in [0.29, 0.717) is 12.4 Å². The highest BCUT2D eigenvalue weighted by molar-refractivity contribution is 5.45.